The summed E-state index contributed by atoms with van der Waals surface area (Å²) in [6.45, 7) is 14.0. The zero-order valence-corrected chi connectivity index (χ0v) is 12.0. The molecule has 0 saturated carbocycles. The number of rotatable bonds is 8. The summed E-state index contributed by atoms with van der Waals surface area (Å²) in [5.41, 5.74) is 0. The van der Waals surface area contributed by atoms with E-state index in [2.05, 4.69) is 43.3 Å². The van der Waals surface area contributed by atoms with Crippen LogP contribution in [0.4, 0.5) is 0 Å². The van der Waals surface area contributed by atoms with Gasteiger partial charge in [-0.05, 0) is 33.1 Å². The fourth-order valence-corrected chi connectivity index (χ4v) is 1.20. The third-order valence-corrected chi connectivity index (χ3v) is 2.63. The minimum Gasteiger partial charge on any atom is -0.382 e. The van der Waals surface area contributed by atoms with Crippen LogP contribution in [-0.2, 0) is 4.74 Å². The standard InChI is InChI=1S/C13H29N3O/c1-6-14-13(16-12(5)11(3)4)15-9-8-10-17-7-2/h11-12H,6-10H2,1-5H3,(H2,14,15,16). The first kappa shape index (κ1) is 16.2. The fourth-order valence-electron chi connectivity index (χ4n) is 1.20. The second-order valence-electron chi connectivity index (χ2n) is 4.49. The molecule has 17 heavy (non-hydrogen) atoms. The van der Waals surface area contributed by atoms with E-state index < -0.39 is 0 Å². The molecular weight excluding hydrogens is 214 g/mol. The number of ether oxygens (including phenoxy) is 1. The van der Waals surface area contributed by atoms with E-state index in [1.54, 1.807) is 0 Å². The molecule has 0 aromatic rings. The van der Waals surface area contributed by atoms with Crippen LogP contribution in [0.5, 0.6) is 0 Å². The number of nitrogens with zero attached hydrogens (tertiary/aromatic N) is 1. The van der Waals surface area contributed by atoms with Gasteiger partial charge in [0.15, 0.2) is 5.96 Å². The first-order chi connectivity index (χ1) is 8.11. The zero-order valence-electron chi connectivity index (χ0n) is 12.0. The summed E-state index contributed by atoms with van der Waals surface area (Å²) in [5.74, 6) is 1.51. The molecule has 1 unspecified atom stereocenters. The van der Waals surface area contributed by atoms with E-state index in [-0.39, 0.29) is 0 Å². The maximum Gasteiger partial charge on any atom is 0.191 e. The van der Waals surface area contributed by atoms with Gasteiger partial charge in [-0.3, -0.25) is 4.99 Å². The lowest BCUT2D eigenvalue weighted by Gasteiger charge is -2.20. The highest BCUT2D eigenvalue weighted by Crippen LogP contribution is 1.99. The Bertz CT molecular complexity index is 205. The van der Waals surface area contributed by atoms with E-state index in [9.17, 15) is 0 Å². The van der Waals surface area contributed by atoms with Crippen molar-refractivity contribution in [2.45, 2.75) is 47.1 Å². The molecule has 0 aliphatic carbocycles. The Hall–Kier alpha value is -0.770. The van der Waals surface area contributed by atoms with Crippen molar-refractivity contribution in [3.63, 3.8) is 0 Å². The average Bonchev–Trinajstić information content (AvgIpc) is 2.28. The van der Waals surface area contributed by atoms with Crippen molar-refractivity contribution in [1.82, 2.24) is 10.6 Å². The van der Waals surface area contributed by atoms with Crippen molar-refractivity contribution >= 4 is 5.96 Å². The van der Waals surface area contributed by atoms with Gasteiger partial charge in [-0.1, -0.05) is 13.8 Å². The summed E-state index contributed by atoms with van der Waals surface area (Å²) in [6, 6.07) is 0.430. The third-order valence-electron chi connectivity index (χ3n) is 2.63. The Kier molecular flexibility index (Phi) is 9.92. The second-order valence-corrected chi connectivity index (χ2v) is 4.49. The van der Waals surface area contributed by atoms with Gasteiger partial charge in [0.1, 0.15) is 0 Å². The monoisotopic (exact) mass is 243 g/mol. The van der Waals surface area contributed by atoms with Crippen molar-refractivity contribution in [2.75, 3.05) is 26.3 Å². The lowest BCUT2D eigenvalue weighted by molar-refractivity contribution is 0.146. The third kappa shape index (κ3) is 8.98. The van der Waals surface area contributed by atoms with E-state index in [1.165, 1.54) is 0 Å². The van der Waals surface area contributed by atoms with Crippen molar-refractivity contribution in [3.05, 3.63) is 0 Å². The molecule has 0 amide bonds. The molecule has 4 nitrogen and oxygen atoms in total. The van der Waals surface area contributed by atoms with Gasteiger partial charge in [0.25, 0.3) is 0 Å². The summed E-state index contributed by atoms with van der Waals surface area (Å²) in [5, 5.41) is 6.66. The number of guanidine groups is 1. The maximum absolute atomic E-state index is 5.28. The predicted molar refractivity (Wildman–Crippen MR) is 74.5 cm³/mol. The van der Waals surface area contributed by atoms with E-state index >= 15 is 0 Å². The molecule has 0 radical (unpaired) electrons. The minimum atomic E-state index is 0.430. The van der Waals surface area contributed by atoms with Gasteiger partial charge in [0, 0.05) is 32.3 Å². The summed E-state index contributed by atoms with van der Waals surface area (Å²) < 4.78 is 5.28. The van der Waals surface area contributed by atoms with Crippen LogP contribution < -0.4 is 10.6 Å². The fraction of sp³-hybridized carbons (Fsp3) is 0.923. The average molecular weight is 243 g/mol. The molecule has 0 aliphatic heterocycles. The van der Waals surface area contributed by atoms with Gasteiger partial charge in [0.2, 0.25) is 0 Å². The highest BCUT2D eigenvalue weighted by Gasteiger charge is 2.08. The summed E-state index contributed by atoms with van der Waals surface area (Å²) in [6.07, 6.45) is 0.973. The molecule has 2 N–H and O–H groups in total. The molecular formula is C13H29N3O. The maximum atomic E-state index is 5.28. The SMILES string of the molecule is CCNC(=NCCCOCC)NC(C)C(C)C. The minimum absolute atomic E-state index is 0.430. The number of aliphatic imine (C=N–C) groups is 1. The molecule has 0 aliphatic rings. The van der Waals surface area contributed by atoms with Crippen LogP contribution in [0, 0.1) is 5.92 Å². The predicted octanol–water partition coefficient (Wildman–Crippen LogP) is 2.01. The summed E-state index contributed by atoms with van der Waals surface area (Å²) in [7, 11) is 0. The normalized spacial score (nSPS) is 13.9. The second kappa shape index (κ2) is 10.4. The Balaban J connectivity index is 3.98. The van der Waals surface area contributed by atoms with E-state index in [4.69, 9.17) is 4.74 Å². The van der Waals surface area contributed by atoms with Crippen LogP contribution in [0.2, 0.25) is 0 Å². The van der Waals surface area contributed by atoms with Gasteiger partial charge in [-0.15, -0.1) is 0 Å². The Morgan fingerprint density at radius 3 is 2.47 bits per heavy atom. The van der Waals surface area contributed by atoms with E-state index in [0.717, 1.165) is 38.7 Å². The highest BCUT2D eigenvalue weighted by atomic mass is 16.5. The van der Waals surface area contributed by atoms with Crippen molar-refractivity contribution in [1.29, 1.82) is 0 Å². The topological polar surface area (TPSA) is 45.7 Å². The van der Waals surface area contributed by atoms with Gasteiger partial charge >= 0.3 is 0 Å². The Morgan fingerprint density at radius 2 is 1.94 bits per heavy atom. The molecule has 0 rings (SSSR count). The molecule has 102 valence electrons. The Labute approximate surface area is 106 Å². The molecule has 0 aromatic heterocycles. The number of nitrogens with one attached hydrogen (secondary N) is 2. The largest absolute Gasteiger partial charge is 0.382 e. The molecule has 0 saturated heterocycles. The van der Waals surface area contributed by atoms with Gasteiger partial charge in [0.05, 0.1) is 0 Å². The molecule has 0 spiro atoms. The van der Waals surface area contributed by atoms with Gasteiger partial charge < -0.3 is 15.4 Å². The van der Waals surface area contributed by atoms with E-state index in [0.29, 0.717) is 12.0 Å². The molecule has 0 heterocycles. The van der Waals surface area contributed by atoms with E-state index in [1.807, 2.05) is 6.92 Å². The summed E-state index contributed by atoms with van der Waals surface area (Å²) >= 11 is 0. The van der Waals surface area contributed by atoms with Gasteiger partial charge in [-0.25, -0.2) is 0 Å². The van der Waals surface area contributed by atoms with Crippen LogP contribution in [0.3, 0.4) is 0 Å². The zero-order chi connectivity index (χ0) is 13.1. The molecule has 0 bridgehead atoms. The molecule has 1 atom stereocenters. The first-order valence-corrected chi connectivity index (χ1v) is 6.74. The quantitative estimate of drug-likeness (QED) is 0.389. The lowest BCUT2D eigenvalue weighted by atomic mass is 10.1. The highest BCUT2D eigenvalue weighted by molar-refractivity contribution is 5.80. The van der Waals surface area contributed by atoms with Crippen molar-refractivity contribution < 1.29 is 4.74 Å². The Morgan fingerprint density at radius 1 is 1.24 bits per heavy atom. The van der Waals surface area contributed by atoms with Crippen LogP contribution in [-0.4, -0.2) is 38.3 Å². The smallest absolute Gasteiger partial charge is 0.191 e. The van der Waals surface area contributed by atoms with Crippen molar-refractivity contribution in [3.8, 4) is 0 Å². The molecule has 0 fully saturated rings. The van der Waals surface area contributed by atoms with Crippen LogP contribution in [0.25, 0.3) is 0 Å². The summed E-state index contributed by atoms with van der Waals surface area (Å²) in [4.78, 5) is 4.52. The van der Waals surface area contributed by atoms with Gasteiger partial charge in [-0.2, -0.15) is 0 Å². The lowest BCUT2D eigenvalue weighted by Crippen LogP contribution is -2.44. The van der Waals surface area contributed by atoms with Crippen LogP contribution in [0.15, 0.2) is 4.99 Å². The van der Waals surface area contributed by atoms with Crippen LogP contribution in [0.1, 0.15) is 41.0 Å². The first-order valence-electron chi connectivity index (χ1n) is 6.74. The van der Waals surface area contributed by atoms with Crippen LogP contribution >= 0.6 is 0 Å². The number of hydrogen-bond acceptors (Lipinski definition) is 2. The molecule has 0 aromatic carbocycles. The molecule has 4 heteroatoms. The van der Waals surface area contributed by atoms with Crippen molar-refractivity contribution in [2.24, 2.45) is 10.9 Å². The number of hydrogen-bond donors (Lipinski definition) is 2.